The molecule has 0 N–H and O–H groups in total. The summed E-state index contributed by atoms with van der Waals surface area (Å²) in [5.41, 5.74) is 3.30. The molecule has 3 nitrogen and oxygen atoms in total. The molecule has 0 saturated heterocycles. The highest BCUT2D eigenvalue weighted by Gasteiger charge is 2.28. The van der Waals surface area contributed by atoms with Crippen molar-refractivity contribution >= 4 is 10.0 Å². The fourth-order valence-electron chi connectivity index (χ4n) is 2.04. The van der Waals surface area contributed by atoms with E-state index in [1.165, 1.54) is 4.31 Å². The minimum Gasteiger partial charge on any atom is -0.207 e. The molecule has 1 aliphatic heterocycles. The molecular weight excluding hydrogens is 258 g/mol. The molecule has 0 spiro atoms. The predicted octanol–water partition coefficient (Wildman–Crippen LogP) is 2.89. The quantitative estimate of drug-likeness (QED) is 0.852. The molecule has 0 bridgehead atoms. The van der Waals surface area contributed by atoms with E-state index in [1.54, 1.807) is 12.1 Å². The molecule has 0 radical (unpaired) electrons. The maximum atomic E-state index is 12.5. The number of sulfonamides is 1. The van der Waals surface area contributed by atoms with Gasteiger partial charge in [-0.3, -0.25) is 0 Å². The van der Waals surface area contributed by atoms with Crippen molar-refractivity contribution in [3.8, 4) is 0 Å². The number of nitrogens with zero attached hydrogens (tertiary/aromatic N) is 1. The Hall–Kier alpha value is -1.39. The van der Waals surface area contributed by atoms with Gasteiger partial charge in [0.2, 0.25) is 10.0 Å². The highest BCUT2D eigenvalue weighted by molar-refractivity contribution is 7.89. The third-order valence-corrected chi connectivity index (χ3v) is 5.31. The number of hydrogen-bond donors (Lipinski definition) is 0. The Balaban J connectivity index is 2.22. The second-order valence-electron chi connectivity index (χ2n) is 4.81. The first-order valence-electron chi connectivity index (χ1n) is 6.34. The second kappa shape index (κ2) is 5.31. The molecule has 2 rings (SSSR count). The fourth-order valence-corrected chi connectivity index (χ4v) is 3.40. The molecule has 102 valence electrons. The number of aryl methyl sites for hydroxylation is 1. The molecule has 0 saturated carbocycles. The Morgan fingerprint density at radius 3 is 2.47 bits per heavy atom. The zero-order chi connectivity index (χ0) is 14.0. The number of allylic oxidation sites excluding steroid dienone is 1. The van der Waals surface area contributed by atoms with Crippen LogP contribution in [0.4, 0.5) is 0 Å². The van der Waals surface area contributed by atoms with Gasteiger partial charge in [-0.1, -0.05) is 35.4 Å². The molecule has 4 heteroatoms. The molecule has 19 heavy (non-hydrogen) atoms. The lowest BCUT2D eigenvalue weighted by Crippen LogP contribution is -2.29. The normalized spacial score (nSPS) is 17.6. The summed E-state index contributed by atoms with van der Waals surface area (Å²) < 4.78 is 26.5. The van der Waals surface area contributed by atoms with Gasteiger partial charge in [-0.15, -0.1) is 0 Å². The summed E-state index contributed by atoms with van der Waals surface area (Å²) in [5.74, 6) is 0. The van der Waals surface area contributed by atoms with Crippen molar-refractivity contribution < 1.29 is 8.42 Å². The molecule has 0 aromatic heterocycles. The molecule has 0 atom stereocenters. The van der Waals surface area contributed by atoms with Crippen LogP contribution in [0.3, 0.4) is 0 Å². The lowest BCUT2D eigenvalue weighted by molar-refractivity contribution is 0.485. The van der Waals surface area contributed by atoms with Crippen molar-refractivity contribution in [2.75, 3.05) is 13.1 Å². The number of hydrogen-bond acceptors (Lipinski definition) is 2. The molecule has 1 aliphatic rings. The van der Waals surface area contributed by atoms with E-state index in [0.717, 1.165) is 16.7 Å². The van der Waals surface area contributed by atoms with Gasteiger partial charge >= 0.3 is 0 Å². The first-order valence-corrected chi connectivity index (χ1v) is 7.78. The van der Waals surface area contributed by atoms with E-state index in [1.807, 2.05) is 45.1 Å². The Kier molecular flexibility index (Phi) is 3.92. The van der Waals surface area contributed by atoms with E-state index in [4.69, 9.17) is 0 Å². The molecule has 0 amide bonds. The van der Waals surface area contributed by atoms with E-state index < -0.39 is 10.0 Å². The first-order chi connectivity index (χ1) is 8.95. The third kappa shape index (κ3) is 2.80. The highest BCUT2D eigenvalue weighted by Crippen LogP contribution is 2.24. The average molecular weight is 277 g/mol. The van der Waals surface area contributed by atoms with Crippen LogP contribution in [0.25, 0.3) is 0 Å². The summed E-state index contributed by atoms with van der Waals surface area (Å²) >= 11 is 0. The van der Waals surface area contributed by atoms with Crippen LogP contribution in [0.15, 0.2) is 52.5 Å². The van der Waals surface area contributed by atoms with Gasteiger partial charge in [0, 0.05) is 13.1 Å². The van der Waals surface area contributed by atoms with E-state index in [0.29, 0.717) is 18.0 Å². The van der Waals surface area contributed by atoms with Crippen molar-refractivity contribution in [1.29, 1.82) is 0 Å². The summed E-state index contributed by atoms with van der Waals surface area (Å²) in [7, 11) is -3.38. The minimum atomic E-state index is -3.38. The van der Waals surface area contributed by atoms with Crippen molar-refractivity contribution in [3.63, 3.8) is 0 Å². The highest BCUT2D eigenvalue weighted by atomic mass is 32.2. The molecule has 0 fully saturated rings. The molecule has 1 aromatic rings. The molecule has 1 heterocycles. The van der Waals surface area contributed by atoms with Crippen LogP contribution in [0, 0.1) is 6.92 Å². The maximum absolute atomic E-state index is 12.5. The fraction of sp³-hybridized carbons (Fsp3) is 0.333. The van der Waals surface area contributed by atoms with Crippen molar-refractivity contribution in [2.45, 2.75) is 25.7 Å². The Bertz CT molecular complexity index is 625. The van der Waals surface area contributed by atoms with Crippen molar-refractivity contribution in [1.82, 2.24) is 4.31 Å². The standard InChI is InChI=1S/C15H19NO2S/c1-4-13(3)14-9-10-16(11-14)19(17,18)15-7-5-12(2)6-8-15/h4-9H,10-11H2,1-3H3/b13-4+. The van der Waals surface area contributed by atoms with E-state index in [-0.39, 0.29) is 0 Å². The van der Waals surface area contributed by atoms with Gasteiger partial charge in [-0.05, 0) is 38.5 Å². The van der Waals surface area contributed by atoms with Crippen molar-refractivity contribution in [3.05, 3.63) is 53.1 Å². The summed E-state index contributed by atoms with van der Waals surface area (Å²) in [6, 6.07) is 7.00. The van der Waals surface area contributed by atoms with E-state index in [9.17, 15) is 8.42 Å². The van der Waals surface area contributed by atoms with Gasteiger partial charge < -0.3 is 0 Å². The van der Waals surface area contributed by atoms with Crippen LogP contribution in [0.2, 0.25) is 0 Å². The molecule has 0 aliphatic carbocycles. The van der Waals surface area contributed by atoms with Crippen LogP contribution in [-0.2, 0) is 10.0 Å². The van der Waals surface area contributed by atoms with Gasteiger partial charge in [0.1, 0.15) is 0 Å². The van der Waals surface area contributed by atoms with E-state index >= 15 is 0 Å². The van der Waals surface area contributed by atoms with Gasteiger partial charge in [-0.2, -0.15) is 4.31 Å². The molecular formula is C15H19NO2S. The Labute approximate surface area is 115 Å². The van der Waals surface area contributed by atoms with Crippen LogP contribution in [0.5, 0.6) is 0 Å². The summed E-state index contributed by atoms with van der Waals surface area (Å²) in [6.07, 6.45) is 3.99. The monoisotopic (exact) mass is 277 g/mol. The number of rotatable bonds is 3. The van der Waals surface area contributed by atoms with Gasteiger partial charge in [-0.25, -0.2) is 8.42 Å². The van der Waals surface area contributed by atoms with E-state index in [2.05, 4.69) is 0 Å². The maximum Gasteiger partial charge on any atom is 0.243 e. The van der Waals surface area contributed by atoms with Gasteiger partial charge in [0.25, 0.3) is 0 Å². The molecule has 1 aromatic carbocycles. The molecule has 0 unspecified atom stereocenters. The Morgan fingerprint density at radius 1 is 1.26 bits per heavy atom. The third-order valence-electron chi connectivity index (χ3n) is 3.49. The lowest BCUT2D eigenvalue weighted by Gasteiger charge is -2.16. The number of benzene rings is 1. The van der Waals surface area contributed by atoms with Gasteiger partial charge in [0.05, 0.1) is 4.90 Å². The van der Waals surface area contributed by atoms with Crippen LogP contribution in [-0.4, -0.2) is 25.8 Å². The largest absolute Gasteiger partial charge is 0.243 e. The summed E-state index contributed by atoms with van der Waals surface area (Å²) in [4.78, 5) is 0.367. The minimum absolute atomic E-state index is 0.367. The Morgan fingerprint density at radius 2 is 1.89 bits per heavy atom. The summed E-state index contributed by atoms with van der Waals surface area (Å²) in [5, 5.41) is 0. The van der Waals surface area contributed by atoms with Crippen LogP contribution < -0.4 is 0 Å². The average Bonchev–Trinajstić information content (AvgIpc) is 2.88. The van der Waals surface area contributed by atoms with Gasteiger partial charge in [0.15, 0.2) is 0 Å². The first kappa shape index (κ1) is 14.0. The SMILES string of the molecule is C/C=C(\C)C1=CCN(S(=O)(=O)c2ccc(C)cc2)C1. The van der Waals surface area contributed by atoms with Crippen LogP contribution in [0.1, 0.15) is 19.4 Å². The summed E-state index contributed by atoms with van der Waals surface area (Å²) in [6.45, 7) is 6.84. The predicted molar refractivity (Wildman–Crippen MR) is 77.5 cm³/mol. The smallest absolute Gasteiger partial charge is 0.207 e. The second-order valence-corrected chi connectivity index (χ2v) is 6.75. The van der Waals surface area contributed by atoms with Crippen LogP contribution >= 0.6 is 0 Å². The topological polar surface area (TPSA) is 37.4 Å². The zero-order valence-electron chi connectivity index (χ0n) is 11.6. The lowest BCUT2D eigenvalue weighted by atomic mass is 10.1. The van der Waals surface area contributed by atoms with Crippen molar-refractivity contribution in [2.24, 2.45) is 0 Å². The zero-order valence-corrected chi connectivity index (χ0v) is 12.4.